The minimum atomic E-state index is -3.43. The number of rotatable bonds is 4. The lowest BCUT2D eigenvalue weighted by atomic mass is 10.1. The SMILES string of the molecule is Cc1cccc(-c2nnc(NC(=O)[C@@H]3CCCN3S(C)(=O)=O)o2)c1. The topological polar surface area (TPSA) is 105 Å². The lowest BCUT2D eigenvalue weighted by Gasteiger charge is -2.20. The molecule has 0 aliphatic carbocycles. The molecule has 2 heterocycles. The molecule has 1 aliphatic rings. The summed E-state index contributed by atoms with van der Waals surface area (Å²) >= 11 is 0. The van der Waals surface area contributed by atoms with Gasteiger partial charge in [-0.05, 0) is 31.9 Å². The number of anilines is 1. The van der Waals surface area contributed by atoms with Gasteiger partial charge in [0, 0.05) is 12.1 Å². The number of hydrogen-bond donors (Lipinski definition) is 1. The van der Waals surface area contributed by atoms with E-state index in [1.54, 1.807) is 0 Å². The summed E-state index contributed by atoms with van der Waals surface area (Å²) in [7, 11) is -3.43. The Kier molecular flexibility index (Phi) is 4.37. The van der Waals surface area contributed by atoms with Crippen LogP contribution in [0.4, 0.5) is 6.01 Å². The van der Waals surface area contributed by atoms with E-state index in [4.69, 9.17) is 4.42 Å². The van der Waals surface area contributed by atoms with E-state index in [2.05, 4.69) is 15.5 Å². The molecule has 9 heteroatoms. The van der Waals surface area contributed by atoms with Crippen LogP contribution in [-0.4, -0.2) is 47.7 Å². The number of aromatic nitrogens is 2. The average Bonchev–Trinajstić information content (AvgIpc) is 3.15. The molecule has 1 atom stereocenters. The Morgan fingerprint density at radius 3 is 2.88 bits per heavy atom. The number of carbonyl (C=O) groups is 1. The van der Waals surface area contributed by atoms with Crippen LogP contribution in [0.1, 0.15) is 18.4 Å². The maximum absolute atomic E-state index is 12.3. The number of nitrogens with zero attached hydrogens (tertiary/aromatic N) is 3. The predicted molar refractivity (Wildman–Crippen MR) is 87.7 cm³/mol. The fourth-order valence-corrected chi connectivity index (χ4v) is 3.88. The molecule has 3 rings (SSSR count). The van der Waals surface area contributed by atoms with E-state index >= 15 is 0 Å². The number of benzene rings is 1. The maximum Gasteiger partial charge on any atom is 0.322 e. The van der Waals surface area contributed by atoms with Crippen LogP contribution in [0.2, 0.25) is 0 Å². The first-order valence-corrected chi connectivity index (χ1v) is 9.37. The molecule has 0 radical (unpaired) electrons. The first-order valence-electron chi connectivity index (χ1n) is 7.53. The number of carbonyl (C=O) groups excluding carboxylic acids is 1. The van der Waals surface area contributed by atoms with Gasteiger partial charge < -0.3 is 4.42 Å². The Bertz CT molecular complexity index is 862. The van der Waals surface area contributed by atoms with E-state index < -0.39 is 22.0 Å². The number of nitrogens with one attached hydrogen (secondary N) is 1. The number of amides is 1. The first kappa shape index (κ1) is 16.6. The molecule has 0 saturated carbocycles. The van der Waals surface area contributed by atoms with Gasteiger partial charge in [-0.15, -0.1) is 5.10 Å². The zero-order chi connectivity index (χ0) is 17.3. The molecule has 0 unspecified atom stereocenters. The molecule has 2 aromatic rings. The summed E-state index contributed by atoms with van der Waals surface area (Å²) in [4.78, 5) is 12.3. The molecule has 1 N–H and O–H groups in total. The van der Waals surface area contributed by atoms with Crippen LogP contribution in [0.5, 0.6) is 0 Å². The highest BCUT2D eigenvalue weighted by Crippen LogP contribution is 2.23. The fourth-order valence-electron chi connectivity index (χ4n) is 2.76. The predicted octanol–water partition coefficient (Wildman–Crippen LogP) is 1.41. The number of hydrogen-bond acceptors (Lipinski definition) is 6. The summed E-state index contributed by atoms with van der Waals surface area (Å²) in [6.45, 7) is 2.29. The smallest absolute Gasteiger partial charge is 0.322 e. The van der Waals surface area contributed by atoms with Gasteiger partial charge in [-0.1, -0.05) is 22.8 Å². The van der Waals surface area contributed by atoms with Crippen LogP contribution in [0, 0.1) is 6.92 Å². The lowest BCUT2D eigenvalue weighted by molar-refractivity contribution is -0.119. The molecule has 1 amide bonds. The molecule has 0 spiro atoms. The van der Waals surface area contributed by atoms with Gasteiger partial charge in [0.15, 0.2) is 0 Å². The van der Waals surface area contributed by atoms with E-state index in [0.29, 0.717) is 25.3 Å². The molecular weight excluding hydrogens is 332 g/mol. The summed E-state index contributed by atoms with van der Waals surface area (Å²) in [6.07, 6.45) is 2.21. The van der Waals surface area contributed by atoms with Crippen molar-refractivity contribution >= 4 is 21.9 Å². The van der Waals surface area contributed by atoms with E-state index in [1.165, 1.54) is 4.31 Å². The minimum absolute atomic E-state index is 0.0446. The standard InChI is InChI=1S/C15H18N4O4S/c1-10-5-3-6-11(9-10)14-17-18-15(23-14)16-13(20)12-7-4-8-19(12)24(2,21)22/h3,5-6,9,12H,4,7-8H2,1-2H3,(H,16,18,20)/t12-/m0/s1. The normalized spacial score (nSPS) is 18.7. The third-order valence-corrected chi connectivity index (χ3v) is 5.14. The highest BCUT2D eigenvalue weighted by molar-refractivity contribution is 7.88. The van der Waals surface area contributed by atoms with E-state index in [0.717, 1.165) is 17.4 Å². The van der Waals surface area contributed by atoms with Crippen LogP contribution in [-0.2, 0) is 14.8 Å². The molecular formula is C15H18N4O4S. The van der Waals surface area contributed by atoms with Crippen molar-refractivity contribution in [3.63, 3.8) is 0 Å². The second-order valence-electron chi connectivity index (χ2n) is 5.80. The van der Waals surface area contributed by atoms with Gasteiger partial charge >= 0.3 is 6.01 Å². The Hall–Kier alpha value is -2.26. The second-order valence-corrected chi connectivity index (χ2v) is 7.74. The largest absolute Gasteiger partial charge is 0.403 e. The van der Waals surface area contributed by atoms with Gasteiger partial charge in [-0.25, -0.2) is 8.42 Å². The van der Waals surface area contributed by atoms with Gasteiger partial charge in [-0.2, -0.15) is 4.31 Å². The molecule has 1 aromatic carbocycles. The third kappa shape index (κ3) is 3.46. The van der Waals surface area contributed by atoms with Gasteiger partial charge in [0.25, 0.3) is 0 Å². The van der Waals surface area contributed by atoms with Gasteiger partial charge in [0.05, 0.1) is 6.26 Å². The average molecular weight is 350 g/mol. The summed E-state index contributed by atoms with van der Waals surface area (Å²) in [5.74, 6) is -0.169. The van der Waals surface area contributed by atoms with Crippen molar-refractivity contribution in [1.29, 1.82) is 0 Å². The van der Waals surface area contributed by atoms with Gasteiger partial charge in [-0.3, -0.25) is 10.1 Å². The Morgan fingerprint density at radius 2 is 2.17 bits per heavy atom. The van der Waals surface area contributed by atoms with Crippen molar-refractivity contribution < 1.29 is 17.6 Å². The fraction of sp³-hybridized carbons (Fsp3) is 0.400. The third-order valence-electron chi connectivity index (χ3n) is 3.85. The van der Waals surface area contributed by atoms with E-state index in [9.17, 15) is 13.2 Å². The zero-order valence-corrected chi connectivity index (χ0v) is 14.2. The molecule has 1 saturated heterocycles. The highest BCUT2D eigenvalue weighted by Gasteiger charge is 2.36. The zero-order valence-electron chi connectivity index (χ0n) is 13.4. The van der Waals surface area contributed by atoms with E-state index in [1.807, 2.05) is 31.2 Å². The van der Waals surface area contributed by atoms with Gasteiger partial charge in [0.2, 0.25) is 21.8 Å². The number of sulfonamides is 1. The van der Waals surface area contributed by atoms with Crippen molar-refractivity contribution in [2.75, 3.05) is 18.1 Å². The Balaban J connectivity index is 1.74. The van der Waals surface area contributed by atoms with Crippen LogP contribution >= 0.6 is 0 Å². The van der Waals surface area contributed by atoms with Crippen molar-refractivity contribution in [1.82, 2.24) is 14.5 Å². The lowest BCUT2D eigenvalue weighted by Crippen LogP contribution is -2.42. The molecule has 1 fully saturated rings. The van der Waals surface area contributed by atoms with Crippen LogP contribution in [0.15, 0.2) is 28.7 Å². The van der Waals surface area contributed by atoms with E-state index in [-0.39, 0.29) is 6.01 Å². The molecule has 24 heavy (non-hydrogen) atoms. The first-order chi connectivity index (χ1) is 11.3. The molecule has 8 nitrogen and oxygen atoms in total. The van der Waals surface area contributed by atoms with Crippen LogP contribution in [0.3, 0.4) is 0 Å². The highest BCUT2D eigenvalue weighted by atomic mass is 32.2. The Labute approximate surface area is 139 Å². The molecule has 0 bridgehead atoms. The van der Waals surface area contributed by atoms with Crippen molar-refractivity contribution in [2.45, 2.75) is 25.8 Å². The maximum atomic E-state index is 12.3. The molecule has 1 aliphatic heterocycles. The monoisotopic (exact) mass is 350 g/mol. The van der Waals surface area contributed by atoms with Crippen LogP contribution < -0.4 is 5.32 Å². The van der Waals surface area contributed by atoms with Crippen molar-refractivity contribution in [2.24, 2.45) is 0 Å². The summed E-state index contributed by atoms with van der Waals surface area (Å²) in [6, 6.07) is 6.75. The van der Waals surface area contributed by atoms with Crippen LogP contribution in [0.25, 0.3) is 11.5 Å². The van der Waals surface area contributed by atoms with Crippen molar-refractivity contribution in [3.8, 4) is 11.5 Å². The molecule has 1 aromatic heterocycles. The van der Waals surface area contributed by atoms with Gasteiger partial charge in [0.1, 0.15) is 6.04 Å². The quantitative estimate of drug-likeness (QED) is 0.894. The molecule has 128 valence electrons. The summed E-state index contributed by atoms with van der Waals surface area (Å²) < 4.78 is 30.1. The second kappa shape index (κ2) is 6.33. The number of aryl methyl sites for hydroxylation is 1. The Morgan fingerprint density at radius 1 is 1.38 bits per heavy atom. The minimum Gasteiger partial charge on any atom is -0.403 e. The summed E-state index contributed by atoms with van der Waals surface area (Å²) in [5.41, 5.74) is 1.80. The van der Waals surface area contributed by atoms with Crippen molar-refractivity contribution in [3.05, 3.63) is 29.8 Å². The summed E-state index contributed by atoms with van der Waals surface area (Å²) in [5, 5.41) is 10.2.